The molecule has 1 N–H and O–H groups in total. The number of para-hydroxylation sites is 1. The quantitative estimate of drug-likeness (QED) is 0.702. The first-order valence-corrected chi connectivity index (χ1v) is 8.75. The van der Waals surface area contributed by atoms with Crippen molar-refractivity contribution in [1.29, 1.82) is 0 Å². The molecule has 0 radical (unpaired) electrons. The third-order valence-electron chi connectivity index (χ3n) is 5.70. The third-order valence-corrected chi connectivity index (χ3v) is 5.70. The van der Waals surface area contributed by atoms with Gasteiger partial charge in [0.15, 0.2) is 0 Å². The molecule has 3 nitrogen and oxygen atoms in total. The Balaban J connectivity index is 1.65. The highest BCUT2D eigenvalue weighted by Crippen LogP contribution is 2.50. The van der Waals surface area contributed by atoms with Gasteiger partial charge in [-0.25, -0.2) is 0 Å². The van der Waals surface area contributed by atoms with Gasteiger partial charge in [0.25, 0.3) is 0 Å². The molecule has 2 aliphatic heterocycles. The summed E-state index contributed by atoms with van der Waals surface area (Å²) in [5.74, 6) is 0.488. The number of nitrogens with zero attached hydrogens (tertiary/aromatic N) is 1. The first-order chi connectivity index (χ1) is 11.7. The second-order valence-electron chi connectivity index (χ2n) is 7.14. The summed E-state index contributed by atoms with van der Waals surface area (Å²) in [5, 5.41) is 5.12. The minimum absolute atomic E-state index is 0.212. The number of hydrogen-bond donors (Lipinski definition) is 1. The highest BCUT2D eigenvalue weighted by molar-refractivity contribution is 5.81. The number of ether oxygens (including phenoxy) is 1. The number of rotatable bonds is 1. The van der Waals surface area contributed by atoms with Gasteiger partial charge in [0.05, 0.1) is 12.1 Å². The Labute approximate surface area is 142 Å². The van der Waals surface area contributed by atoms with Gasteiger partial charge >= 0.3 is 0 Å². The lowest BCUT2D eigenvalue weighted by molar-refractivity contribution is 0.0823. The molecule has 2 aromatic carbocycles. The Hall–Kier alpha value is -2.26. The maximum atomic E-state index is 6.15. The van der Waals surface area contributed by atoms with E-state index in [1.807, 2.05) is 0 Å². The van der Waals surface area contributed by atoms with E-state index in [2.05, 4.69) is 72.4 Å². The first-order valence-electron chi connectivity index (χ1n) is 8.75. The molecule has 0 bridgehead atoms. The number of hydrogen-bond acceptors (Lipinski definition) is 2. The van der Waals surface area contributed by atoms with Gasteiger partial charge < -0.3 is 14.6 Å². The lowest BCUT2D eigenvalue weighted by Gasteiger charge is -2.36. The van der Waals surface area contributed by atoms with Crippen LogP contribution in [0.25, 0.3) is 10.9 Å². The van der Waals surface area contributed by atoms with Crippen LogP contribution in [0.5, 0.6) is 0 Å². The van der Waals surface area contributed by atoms with E-state index in [4.69, 9.17) is 4.74 Å². The van der Waals surface area contributed by atoms with E-state index >= 15 is 0 Å². The lowest BCUT2D eigenvalue weighted by atomic mass is 9.82. The summed E-state index contributed by atoms with van der Waals surface area (Å²) < 4.78 is 8.49. The average Bonchev–Trinajstić information content (AvgIpc) is 3.20. The summed E-state index contributed by atoms with van der Waals surface area (Å²) in [6, 6.07) is 17.9. The molecule has 5 rings (SSSR count). The maximum Gasteiger partial charge on any atom is 0.0897 e. The summed E-state index contributed by atoms with van der Waals surface area (Å²) in [6.45, 7) is 3.01. The number of aromatic nitrogens is 1. The number of anilines is 1. The highest BCUT2D eigenvalue weighted by atomic mass is 16.5. The first kappa shape index (κ1) is 14.1. The third kappa shape index (κ3) is 1.94. The van der Waals surface area contributed by atoms with Crippen LogP contribution in [0.15, 0.2) is 48.5 Å². The van der Waals surface area contributed by atoms with Crippen LogP contribution in [0.2, 0.25) is 0 Å². The average molecular weight is 318 g/mol. The van der Waals surface area contributed by atoms with Crippen molar-refractivity contribution in [2.24, 2.45) is 13.0 Å². The summed E-state index contributed by atoms with van der Waals surface area (Å²) >= 11 is 0. The molecule has 0 spiro atoms. The highest BCUT2D eigenvalue weighted by Gasteiger charge is 2.42. The zero-order valence-corrected chi connectivity index (χ0v) is 14.1. The van der Waals surface area contributed by atoms with E-state index in [9.17, 15) is 0 Å². The fourth-order valence-corrected chi connectivity index (χ4v) is 4.49. The van der Waals surface area contributed by atoms with E-state index in [1.165, 1.54) is 33.4 Å². The smallest absolute Gasteiger partial charge is 0.0897 e. The van der Waals surface area contributed by atoms with Crippen LogP contribution in [-0.4, -0.2) is 11.2 Å². The second-order valence-corrected chi connectivity index (χ2v) is 7.14. The molecule has 24 heavy (non-hydrogen) atoms. The number of nitrogens with one attached hydrogen (secondary N) is 1. The fraction of sp³-hybridized carbons (Fsp3) is 0.333. The van der Waals surface area contributed by atoms with Crippen LogP contribution in [0.1, 0.15) is 35.4 Å². The predicted molar refractivity (Wildman–Crippen MR) is 97.3 cm³/mol. The molecule has 0 aliphatic carbocycles. The normalized spacial score (nSPS) is 25.3. The largest absolute Gasteiger partial charge is 0.376 e. The molecule has 1 fully saturated rings. The zero-order chi connectivity index (χ0) is 16.3. The SMILES string of the molecule is Cc1ccc2c(c1)[C@@H]1OCC[C@@H]1[C@H](c1cc3ccccc3n1C)N2. The lowest BCUT2D eigenvalue weighted by Crippen LogP contribution is -2.30. The monoisotopic (exact) mass is 318 g/mol. The number of fused-ring (bicyclic) bond motifs is 4. The van der Waals surface area contributed by atoms with E-state index in [0.29, 0.717) is 12.0 Å². The molecule has 3 atom stereocenters. The van der Waals surface area contributed by atoms with Gasteiger partial charge in [0, 0.05) is 42.0 Å². The van der Waals surface area contributed by atoms with E-state index in [0.717, 1.165) is 13.0 Å². The van der Waals surface area contributed by atoms with Gasteiger partial charge in [-0.1, -0.05) is 35.9 Å². The molecular weight excluding hydrogens is 296 g/mol. The van der Waals surface area contributed by atoms with Crippen LogP contribution in [0.3, 0.4) is 0 Å². The fourth-order valence-electron chi connectivity index (χ4n) is 4.49. The van der Waals surface area contributed by atoms with Gasteiger partial charge in [0.1, 0.15) is 0 Å². The van der Waals surface area contributed by atoms with Crippen molar-refractivity contribution in [2.75, 3.05) is 11.9 Å². The molecular formula is C21H22N2O. The Kier molecular flexibility index (Phi) is 3.01. The molecule has 3 heteroatoms. The van der Waals surface area contributed by atoms with Gasteiger partial charge in [0.2, 0.25) is 0 Å². The Bertz CT molecular complexity index is 927. The Morgan fingerprint density at radius 2 is 2.00 bits per heavy atom. The zero-order valence-electron chi connectivity index (χ0n) is 14.1. The summed E-state index contributed by atoms with van der Waals surface area (Å²) in [5.41, 5.74) is 6.49. The van der Waals surface area contributed by atoms with E-state index in [-0.39, 0.29) is 6.10 Å². The summed E-state index contributed by atoms with van der Waals surface area (Å²) in [4.78, 5) is 0. The predicted octanol–water partition coefficient (Wildman–Crippen LogP) is 4.73. The van der Waals surface area contributed by atoms with Gasteiger partial charge in [-0.15, -0.1) is 0 Å². The van der Waals surface area contributed by atoms with Crippen LogP contribution in [0, 0.1) is 12.8 Å². The molecule has 1 saturated heterocycles. The second kappa shape index (κ2) is 5.12. The van der Waals surface area contributed by atoms with Crippen LogP contribution >= 0.6 is 0 Å². The van der Waals surface area contributed by atoms with E-state index < -0.39 is 0 Å². The molecule has 0 saturated carbocycles. The maximum absolute atomic E-state index is 6.15. The van der Waals surface area contributed by atoms with Gasteiger partial charge in [-0.3, -0.25) is 0 Å². The van der Waals surface area contributed by atoms with E-state index in [1.54, 1.807) is 0 Å². The Morgan fingerprint density at radius 1 is 1.12 bits per heavy atom. The molecule has 122 valence electrons. The van der Waals surface area contributed by atoms with Crippen LogP contribution in [-0.2, 0) is 11.8 Å². The van der Waals surface area contributed by atoms with Crippen molar-refractivity contribution in [2.45, 2.75) is 25.5 Å². The van der Waals surface area contributed by atoms with Crippen molar-refractivity contribution in [3.63, 3.8) is 0 Å². The van der Waals surface area contributed by atoms with Crippen LogP contribution < -0.4 is 5.32 Å². The molecule has 2 aliphatic rings. The summed E-state index contributed by atoms with van der Waals surface area (Å²) in [7, 11) is 2.18. The minimum atomic E-state index is 0.212. The number of aryl methyl sites for hydroxylation is 2. The minimum Gasteiger partial charge on any atom is -0.376 e. The number of benzene rings is 2. The molecule has 1 aromatic heterocycles. The van der Waals surface area contributed by atoms with Gasteiger partial charge in [-0.05, 0) is 36.9 Å². The van der Waals surface area contributed by atoms with Crippen molar-refractivity contribution in [1.82, 2.24) is 4.57 Å². The van der Waals surface area contributed by atoms with Crippen molar-refractivity contribution in [3.8, 4) is 0 Å². The summed E-state index contributed by atoms with van der Waals surface area (Å²) in [6.07, 6.45) is 1.32. The topological polar surface area (TPSA) is 26.2 Å². The molecule has 3 heterocycles. The Morgan fingerprint density at radius 3 is 2.88 bits per heavy atom. The molecule has 3 aromatic rings. The van der Waals surface area contributed by atoms with Crippen molar-refractivity contribution < 1.29 is 4.74 Å². The van der Waals surface area contributed by atoms with Gasteiger partial charge in [-0.2, -0.15) is 0 Å². The van der Waals surface area contributed by atoms with Crippen molar-refractivity contribution >= 4 is 16.6 Å². The molecule has 0 unspecified atom stereocenters. The standard InChI is InChI=1S/C21H22N2O/c1-13-7-8-17-16(11-13)21-15(9-10-24-21)20(22-17)19-12-14-5-3-4-6-18(14)23(19)2/h3-8,11-12,15,20-22H,9-10H2,1-2H3/t15-,20-,21-/m1/s1. The van der Waals surface area contributed by atoms with Crippen molar-refractivity contribution in [3.05, 3.63) is 65.4 Å². The molecule has 0 amide bonds. The van der Waals surface area contributed by atoms with Crippen LogP contribution in [0.4, 0.5) is 5.69 Å².